The van der Waals surface area contributed by atoms with E-state index in [1.165, 1.54) is 12.8 Å². The molecule has 4 nitrogen and oxygen atoms in total. The van der Waals surface area contributed by atoms with Gasteiger partial charge in [-0.1, -0.05) is 33.6 Å². The molecule has 0 radical (unpaired) electrons. The molecule has 21 heavy (non-hydrogen) atoms. The van der Waals surface area contributed by atoms with Crippen LogP contribution in [0.15, 0.2) is 4.42 Å². The van der Waals surface area contributed by atoms with E-state index in [4.69, 9.17) is 4.42 Å². The van der Waals surface area contributed by atoms with Gasteiger partial charge in [0.05, 0.1) is 5.69 Å². The van der Waals surface area contributed by atoms with Crippen LogP contribution in [-0.2, 0) is 16.6 Å². The van der Waals surface area contributed by atoms with Gasteiger partial charge in [0.1, 0.15) is 5.76 Å². The number of aromatic nitrogens is 1. The van der Waals surface area contributed by atoms with Crippen LogP contribution in [0.1, 0.15) is 70.2 Å². The van der Waals surface area contributed by atoms with Crippen molar-refractivity contribution >= 4 is 5.91 Å². The third-order valence-corrected chi connectivity index (χ3v) is 4.14. The van der Waals surface area contributed by atoms with Crippen LogP contribution in [0, 0.1) is 12.8 Å². The van der Waals surface area contributed by atoms with Crippen LogP contribution in [0.2, 0.25) is 0 Å². The molecular formula is C17H28N2O2. The van der Waals surface area contributed by atoms with Gasteiger partial charge in [0, 0.05) is 24.3 Å². The van der Waals surface area contributed by atoms with Crippen molar-refractivity contribution in [3.05, 3.63) is 17.3 Å². The Labute approximate surface area is 127 Å². The molecule has 1 aliphatic carbocycles. The predicted molar refractivity (Wildman–Crippen MR) is 83.2 cm³/mol. The minimum absolute atomic E-state index is 0.0559. The topological polar surface area (TPSA) is 55.1 Å². The molecule has 0 saturated heterocycles. The average molecular weight is 292 g/mol. The first-order valence-electron chi connectivity index (χ1n) is 8.12. The second kappa shape index (κ2) is 6.63. The summed E-state index contributed by atoms with van der Waals surface area (Å²) in [6, 6.07) is 0. The molecular weight excluding hydrogens is 264 g/mol. The van der Waals surface area contributed by atoms with E-state index < -0.39 is 0 Å². The zero-order chi connectivity index (χ0) is 15.5. The molecule has 1 heterocycles. The van der Waals surface area contributed by atoms with E-state index >= 15 is 0 Å². The summed E-state index contributed by atoms with van der Waals surface area (Å²) in [5.41, 5.74) is 0.918. The Morgan fingerprint density at radius 1 is 1.33 bits per heavy atom. The minimum atomic E-state index is -0.0559. The van der Waals surface area contributed by atoms with E-state index in [1.807, 2.05) is 6.92 Å². The third-order valence-electron chi connectivity index (χ3n) is 4.14. The summed E-state index contributed by atoms with van der Waals surface area (Å²) in [7, 11) is 0. The summed E-state index contributed by atoms with van der Waals surface area (Å²) >= 11 is 0. The van der Waals surface area contributed by atoms with Crippen LogP contribution < -0.4 is 5.32 Å². The number of carbonyl (C=O) groups is 1. The summed E-state index contributed by atoms with van der Waals surface area (Å²) in [5, 5.41) is 3.05. The van der Waals surface area contributed by atoms with E-state index in [2.05, 4.69) is 31.1 Å². The number of rotatable bonds is 5. The molecule has 1 saturated carbocycles. The fourth-order valence-corrected chi connectivity index (χ4v) is 2.77. The Bertz CT molecular complexity index is 479. The first kappa shape index (κ1) is 16.1. The number of nitrogens with zero attached hydrogens (tertiary/aromatic N) is 1. The molecule has 0 aliphatic heterocycles. The van der Waals surface area contributed by atoms with Crippen LogP contribution >= 0.6 is 0 Å². The third kappa shape index (κ3) is 4.32. The molecule has 1 aliphatic rings. The Hall–Kier alpha value is -1.32. The molecule has 4 heteroatoms. The van der Waals surface area contributed by atoms with Crippen molar-refractivity contribution < 1.29 is 9.21 Å². The smallest absolute Gasteiger partial charge is 0.223 e. The second-order valence-electron chi connectivity index (χ2n) is 7.15. The van der Waals surface area contributed by atoms with Crippen molar-refractivity contribution in [3.63, 3.8) is 0 Å². The Morgan fingerprint density at radius 2 is 2.00 bits per heavy atom. The zero-order valence-electron chi connectivity index (χ0n) is 13.8. The maximum absolute atomic E-state index is 11.9. The Morgan fingerprint density at radius 3 is 2.57 bits per heavy atom. The number of carbonyl (C=O) groups excluding carboxylic acids is 1. The SMILES string of the molecule is Cc1nc(C(C)(C)C)oc1CCCNC(=O)C1CCCC1. The van der Waals surface area contributed by atoms with Crippen molar-refractivity contribution in [3.8, 4) is 0 Å². The maximum atomic E-state index is 11.9. The number of oxazole rings is 1. The lowest BCUT2D eigenvalue weighted by Crippen LogP contribution is -2.30. The first-order valence-corrected chi connectivity index (χ1v) is 8.12. The standard InChI is InChI=1S/C17H28N2O2/c1-12-14(21-16(19-12)17(2,3)4)10-7-11-18-15(20)13-8-5-6-9-13/h13H,5-11H2,1-4H3,(H,18,20). The summed E-state index contributed by atoms with van der Waals surface area (Å²) in [6.45, 7) is 9.02. The van der Waals surface area contributed by atoms with Crippen molar-refractivity contribution in [2.75, 3.05) is 6.54 Å². The van der Waals surface area contributed by atoms with Gasteiger partial charge in [0.25, 0.3) is 0 Å². The van der Waals surface area contributed by atoms with E-state index in [1.54, 1.807) is 0 Å². The highest BCUT2D eigenvalue weighted by Crippen LogP contribution is 2.25. The molecule has 1 amide bonds. The minimum Gasteiger partial charge on any atom is -0.445 e. The highest BCUT2D eigenvalue weighted by molar-refractivity contribution is 5.78. The van der Waals surface area contributed by atoms with Crippen LogP contribution in [0.5, 0.6) is 0 Å². The first-order chi connectivity index (χ1) is 9.88. The van der Waals surface area contributed by atoms with Gasteiger partial charge < -0.3 is 9.73 Å². The van der Waals surface area contributed by atoms with Gasteiger partial charge in [0.15, 0.2) is 5.89 Å². The lowest BCUT2D eigenvalue weighted by atomic mass is 9.97. The molecule has 0 aromatic carbocycles. The van der Waals surface area contributed by atoms with E-state index in [-0.39, 0.29) is 17.2 Å². The molecule has 2 rings (SSSR count). The highest BCUT2D eigenvalue weighted by atomic mass is 16.4. The lowest BCUT2D eigenvalue weighted by Gasteiger charge is -2.12. The van der Waals surface area contributed by atoms with Crippen LogP contribution in [0.3, 0.4) is 0 Å². The summed E-state index contributed by atoms with van der Waals surface area (Å²) in [6.07, 6.45) is 6.25. The normalized spacial score (nSPS) is 16.4. The average Bonchev–Trinajstić information content (AvgIpc) is 3.03. The monoisotopic (exact) mass is 292 g/mol. The van der Waals surface area contributed by atoms with Crippen molar-refractivity contribution in [1.82, 2.24) is 10.3 Å². The molecule has 0 atom stereocenters. The fraction of sp³-hybridized carbons (Fsp3) is 0.765. The lowest BCUT2D eigenvalue weighted by molar-refractivity contribution is -0.124. The van der Waals surface area contributed by atoms with Crippen LogP contribution in [0.4, 0.5) is 0 Å². The van der Waals surface area contributed by atoms with E-state index in [0.29, 0.717) is 0 Å². The van der Waals surface area contributed by atoms with Gasteiger partial charge in [-0.25, -0.2) is 4.98 Å². The van der Waals surface area contributed by atoms with Crippen molar-refractivity contribution in [2.24, 2.45) is 5.92 Å². The number of hydrogen-bond acceptors (Lipinski definition) is 3. The van der Waals surface area contributed by atoms with Gasteiger partial charge >= 0.3 is 0 Å². The van der Waals surface area contributed by atoms with E-state index in [9.17, 15) is 4.79 Å². The molecule has 0 spiro atoms. The van der Waals surface area contributed by atoms with Gasteiger partial charge in [0.2, 0.25) is 5.91 Å². The summed E-state index contributed by atoms with van der Waals surface area (Å²) in [4.78, 5) is 16.4. The zero-order valence-corrected chi connectivity index (χ0v) is 13.8. The highest BCUT2D eigenvalue weighted by Gasteiger charge is 2.23. The fourth-order valence-electron chi connectivity index (χ4n) is 2.77. The van der Waals surface area contributed by atoms with Crippen molar-refractivity contribution in [1.29, 1.82) is 0 Å². The number of amides is 1. The number of hydrogen-bond donors (Lipinski definition) is 1. The molecule has 118 valence electrons. The van der Waals surface area contributed by atoms with Gasteiger partial charge in [-0.3, -0.25) is 4.79 Å². The Kier molecular flexibility index (Phi) is 5.07. The largest absolute Gasteiger partial charge is 0.445 e. The molecule has 1 aromatic rings. The Balaban J connectivity index is 1.76. The predicted octanol–water partition coefficient (Wildman–Crippen LogP) is 3.52. The summed E-state index contributed by atoms with van der Waals surface area (Å²) in [5.74, 6) is 2.24. The number of nitrogens with one attached hydrogen (secondary N) is 1. The quantitative estimate of drug-likeness (QED) is 0.845. The molecule has 0 bridgehead atoms. The molecule has 1 N–H and O–H groups in total. The van der Waals surface area contributed by atoms with Gasteiger partial charge in [-0.05, 0) is 26.2 Å². The second-order valence-corrected chi connectivity index (χ2v) is 7.15. The van der Waals surface area contributed by atoms with Crippen LogP contribution in [0.25, 0.3) is 0 Å². The van der Waals surface area contributed by atoms with Crippen molar-refractivity contribution in [2.45, 2.75) is 71.6 Å². The van der Waals surface area contributed by atoms with Gasteiger partial charge in [-0.2, -0.15) is 0 Å². The van der Waals surface area contributed by atoms with E-state index in [0.717, 1.165) is 49.6 Å². The van der Waals surface area contributed by atoms with Crippen LogP contribution in [-0.4, -0.2) is 17.4 Å². The molecule has 0 unspecified atom stereocenters. The molecule has 1 aromatic heterocycles. The maximum Gasteiger partial charge on any atom is 0.223 e. The van der Waals surface area contributed by atoms with Gasteiger partial charge in [-0.15, -0.1) is 0 Å². The number of aryl methyl sites for hydroxylation is 2. The summed E-state index contributed by atoms with van der Waals surface area (Å²) < 4.78 is 5.86. The molecule has 1 fully saturated rings.